The van der Waals surface area contributed by atoms with Gasteiger partial charge in [0.1, 0.15) is 5.69 Å². The van der Waals surface area contributed by atoms with E-state index in [1.807, 2.05) is 36.0 Å². The number of aromatic amines is 1. The van der Waals surface area contributed by atoms with E-state index in [4.69, 9.17) is 0 Å². The highest BCUT2D eigenvalue weighted by Gasteiger charge is 2.22. The minimum Gasteiger partial charge on any atom is -0.305 e. The third-order valence-electron chi connectivity index (χ3n) is 4.36. The van der Waals surface area contributed by atoms with Gasteiger partial charge in [-0.3, -0.25) is 19.4 Å². The van der Waals surface area contributed by atoms with Gasteiger partial charge in [-0.15, -0.1) is 0 Å². The lowest BCUT2D eigenvalue weighted by molar-refractivity contribution is 0.235. The van der Waals surface area contributed by atoms with Crippen LogP contribution in [0.3, 0.4) is 0 Å². The molecular formula is C17H18N6O. The normalized spacial score (nSPS) is 14.5. The number of nitrogens with zero attached hydrogens (tertiary/aromatic N) is 5. The van der Waals surface area contributed by atoms with Crippen molar-refractivity contribution >= 4 is 0 Å². The van der Waals surface area contributed by atoms with Gasteiger partial charge in [-0.05, 0) is 18.2 Å². The van der Waals surface area contributed by atoms with E-state index < -0.39 is 0 Å². The third kappa shape index (κ3) is 2.74. The maximum Gasteiger partial charge on any atom is 0.255 e. The number of rotatable bonds is 3. The summed E-state index contributed by atoms with van der Waals surface area (Å²) in [6.45, 7) is 2.25. The lowest BCUT2D eigenvalue weighted by atomic mass is 10.1. The average molecular weight is 322 g/mol. The zero-order chi connectivity index (χ0) is 16.5. The fourth-order valence-electron chi connectivity index (χ4n) is 3.03. The standard InChI is InChI=1S/C17H18N6O/c1-22-12(5-8-19-22)10-23-9-6-14-13(11-23)17(24)21-16(20-14)15-4-2-3-7-18-15/h2-5,7-8H,6,9-11H2,1H3,(H,20,21,24). The van der Waals surface area contributed by atoms with Crippen molar-refractivity contribution < 1.29 is 0 Å². The van der Waals surface area contributed by atoms with Crippen LogP contribution in [0.1, 0.15) is 17.0 Å². The van der Waals surface area contributed by atoms with E-state index in [9.17, 15) is 4.79 Å². The minimum absolute atomic E-state index is 0.0737. The van der Waals surface area contributed by atoms with Crippen molar-refractivity contribution in [2.24, 2.45) is 7.05 Å². The molecular weight excluding hydrogens is 304 g/mol. The van der Waals surface area contributed by atoms with Crippen LogP contribution in [0.2, 0.25) is 0 Å². The Morgan fingerprint density at radius 1 is 1.25 bits per heavy atom. The number of aryl methyl sites for hydroxylation is 1. The molecule has 24 heavy (non-hydrogen) atoms. The summed E-state index contributed by atoms with van der Waals surface area (Å²) >= 11 is 0. The largest absolute Gasteiger partial charge is 0.305 e. The lowest BCUT2D eigenvalue weighted by Gasteiger charge is -2.27. The summed E-state index contributed by atoms with van der Waals surface area (Å²) in [6.07, 6.45) is 4.25. The van der Waals surface area contributed by atoms with E-state index >= 15 is 0 Å². The maximum absolute atomic E-state index is 12.5. The van der Waals surface area contributed by atoms with Gasteiger partial charge in [0.2, 0.25) is 0 Å². The van der Waals surface area contributed by atoms with Crippen LogP contribution >= 0.6 is 0 Å². The van der Waals surface area contributed by atoms with Crippen molar-refractivity contribution in [2.75, 3.05) is 6.54 Å². The van der Waals surface area contributed by atoms with E-state index in [1.165, 1.54) is 0 Å². The summed E-state index contributed by atoms with van der Waals surface area (Å²) in [7, 11) is 1.93. The molecule has 122 valence electrons. The molecule has 1 aliphatic rings. The Morgan fingerprint density at radius 2 is 2.17 bits per heavy atom. The van der Waals surface area contributed by atoms with Gasteiger partial charge in [0, 0.05) is 45.5 Å². The van der Waals surface area contributed by atoms with Crippen LogP contribution < -0.4 is 5.56 Å². The zero-order valence-electron chi connectivity index (χ0n) is 13.4. The average Bonchev–Trinajstić information content (AvgIpc) is 3.01. The number of fused-ring (bicyclic) bond motifs is 1. The zero-order valence-corrected chi connectivity index (χ0v) is 13.4. The van der Waals surface area contributed by atoms with Gasteiger partial charge in [0.05, 0.1) is 17.0 Å². The smallest absolute Gasteiger partial charge is 0.255 e. The summed E-state index contributed by atoms with van der Waals surface area (Å²) < 4.78 is 1.86. The van der Waals surface area contributed by atoms with Gasteiger partial charge in [-0.1, -0.05) is 6.07 Å². The van der Waals surface area contributed by atoms with Crippen LogP contribution in [-0.2, 0) is 26.6 Å². The van der Waals surface area contributed by atoms with Gasteiger partial charge in [-0.2, -0.15) is 5.10 Å². The quantitative estimate of drug-likeness (QED) is 0.782. The van der Waals surface area contributed by atoms with Crippen molar-refractivity contribution in [1.82, 2.24) is 29.6 Å². The Morgan fingerprint density at radius 3 is 2.92 bits per heavy atom. The highest BCUT2D eigenvalue weighted by atomic mass is 16.1. The summed E-state index contributed by atoms with van der Waals surface area (Å²) in [5, 5.41) is 4.19. The highest BCUT2D eigenvalue weighted by molar-refractivity contribution is 5.49. The number of nitrogens with one attached hydrogen (secondary N) is 1. The van der Waals surface area contributed by atoms with E-state index in [0.29, 0.717) is 18.1 Å². The molecule has 1 aliphatic heterocycles. The second-order valence-corrected chi connectivity index (χ2v) is 5.96. The summed E-state index contributed by atoms with van der Waals surface area (Å²) in [4.78, 5) is 26.5. The third-order valence-corrected chi connectivity index (χ3v) is 4.36. The molecule has 0 aliphatic carbocycles. The van der Waals surface area contributed by atoms with Crippen LogP contribution in [0, 0.1) is 0 Å². The first-order valence-corrected chi connectivity index (χ1v) is 7.93. The molecule has 7 nitrogen and oxygen atoms in total. The number of hydrogen-bond acceptors (Lipinski definition) is 5. The molecule has 0 saturated heterocycles. The molecule has 0 radical (unpaired) electrons. The minimum atomic E-state index is -0.0737. The predicted octanol–water partition coefficient (Wildman–Crippen LogP) is 1.12. The molecule has 0 saturated carbocycles. The van der Waals surface area contributed by atoms with Crippen molar-refractivity contribution in [2.45, 2.75) is 19.5 Å². The Labute approximate surface area is 139 Å². The number of aromatic nitrogens is 5. The summed E-state index contributed by atoms with van der Waals surface area (Å²) in [6, 6.07) is 7.58. The number of H-pyrrole nitrogens is 1. The predicted molar refractivity (Wildman–Crippen MR) is 89.1 cm³/mol. The molecule has 0 spiro atoms. The maximum atomic E-state index is 12.5. The molecule has 0 unspecified atom stereocenters. The molecule has 1 N–H and O–H groups in total. The molecule has 3 aromatic rings. The molecule has 4 rings (SSSR count). The summed E-state index contributed by atoms with van der Waals surface area (Å²) in [5.74, 6) is 0.541. The molecule has 4 heterocycles. The molecule has 0 bridgehead atoms. The second-order valence-electron chi connectivity index (χ2n) is 5.96. The first-order valence-electron chi connectivity index (χ1n) is 7.93. The Bertz CT molecular complexity index is 914. The molecule has 0 atom stereocenters. The molecule has 0 aromatic carbocycles. The van der Waals surface area contributed by atoms with Crippen molar-refractivity contribution in [1.29, 1.82) is 0 Å². The highest BCUT2D eigenvalue weighted by Crippen LogP contribution is 2.18. The number of hydrogen-bond donors (Lipinski definition) is 1. The van der Waals surface area contributed by atoms with Crippen LogP contribution in [0.15, 0.2) is 41.5 Å². The van der Waals surface area contributed by atoms with Crippen molar-refractivity contribution in [3.8, 4) is 11.5 Å². The lowest BCUT2D eigenvalue weighted by Crippen LogP contribution is -2.35. The van der Waals surface area contributed by atoms with Crippen LogP contribution in [0.5, 0.6) is 0 Å². The van der Waals surface area contributed by atoms with Crippen LogP contribution in [-0.4, -0.2) is 36.2 Å². The first kappa shape index (κ1) is 14.8. The Hall–Kier alpha value is -2.80. The summed E-state index contributed by atoms with van der Waals surface area (Å²) in [5.41, 5.74) is 3.38. The first-order chi connectivity index (χ1) is 11.7. The van der Waals surface area contributed by atoms with Gasteiger partial charge < -0.3 is 4.98 Å². The van der Waals surface area contributed by atoms with E-state index in [1.54, 1.807) is 12.4 Å². The van der Waals surface area contributed by atoms with Crippen LogP contribution in [0.25, 0.3) is 11.5 Å². The van der Waals surface area contributed by atoms with Gasteiger partial charge in [0.25, 0.3) is 5.56 Å². The monoisotopic (exact) mass is 322 g/mol. The fraction of sp³-hybridized carbons (Fsp3) is 0.294. The van der Waals surface area contributed by atoms with Crippen molar-refractivity contribution in [3.05, 3.63) is 64.0 Å². The van der Waals surface area contributed by atoms with Gasteiger partial charge in [-0.25, -0.2) is 4.98 Å². The molecule has 0 fully saturated rings. The molecule has 7 heteroatoms. The molecule has 0 amide bonds. The van der Waals surface area contributed by atoms with E-state index in [2.05, 4.69) is 25.0 Å². The van der Waals surface area contributed by atoms with Gasteiger partial charge >= 0.3 is 0 Å². The SMILES string of the molecule is Cn1nccc1CN1CCc2nc(-c3ccccn3)[nH]c(=O)c2C1. The number of pyridine rings is 1. The van der Waals surface area contributed by atoms with Crippen molar-refractivity contribution in [3.63, 3.8) is 0 Å². The fourth-order valence-corrected chi connectivity index (χ4v) is 3.03. The second kappa shape index (κ2) is 6.01. The van der Waals surface area contributed by atoms with E-state index in [-0.39, 0.29) is 5.56 Å². The molecule has 3 aromatic heterocycles. The van der Waals surface area contributed by atoms with E-state index in [0.717, 1.165) is 36.5 Å². The Balaban J connectivity index is 1.61. The Kier molecular flexibility index (Phi) is 3.70. The topological polar surface area (TPSA) is 79.7 Å². The van der Waals surface area contributed by atoms with Crippen LogP contribution in [0.4, 0.5) is 0 Å². The van der Waals surface area contributed by atoms with Gasteiger partial charge in [0.15, 0.2) is 5.82 Å².